The highest BCUT2D eigenvalue weighted by atomic mass is 79.9. The Balaban J connectivity index is 2.34. The molecule has 1 atom stereocenters. The first-order valence-electron chi connectivity index (χ1n) is 5.15. The van der Waals surface area contributed by atoms with Crippen LogP contribution in [0.5, 0.6) is 0 Å². The molecule has 0 heterocycles. The molecular weight excluding hydrogens is 264 g/mol. The Hall–Kier alpha value is -1.41. The van der Waals surface area contributed by atoms with Crippen molar-refractivity contribution in [3.8, 4) is 11.1 Å². The maximum Gasteiger partial charge on any atom is 0.131 e. The third-order valence-electron chi connectivity index (χ3n) is 3.07. The standard InChI is InChI=1S/C14H9BrO/c15-9-5-6-12-10-3-1-2-4-11(10)14(8-16)13(12)7-9/h1-8,14H. The quantitative estimate of drug-likeness (QED) is 0.723. The largest absolute Gasteiger partial charge is 0.302 e. The van der Waals surface area contributed by atoms with Crippen LogP contribution in [0.25, 0.3) is 11.1 Å². The van der Waals surface area contributed by atoms with E-state index in [2.05, 4.69) is 28.1 Å². The van der Waals surface area contributed by atoms with E-state index in [9.17, 15) is 4.79 Å². The monoisotopic (exact) mass is 272 g/mol. The molecule has 0 aromatic heterocycles. The van der Waals surface area contributed by atoms with Crippen molar-refractivity contribution in [2.45, 2.75) is 5.92 Å². The van der Waals surface area contributed by atoms with Crippen molar-refractivity contribution in [3.63, 3.8) is 0 Å². The van der Waals surface area contributed by atoms with Gasteiger partial charge in [0, 0.05) is 4.47 Å². The van der Waals surface area contributed by atoms with Crippen LogP contribution in [0.15, 0.2) is 46.9 Å². The topological polar surface area (TPSA) is 17.1 Å². The van der Waals surface area contributed by atoms with Crippen LogP contribution in [0.1, 0.15) is 17.0 Å². The van der Waals surface area contributed by atoms with Crippen LogP contribution in [-0.4, -0.2) is 6.29 Å². The molecule has 0 N–H and O–H groups in total. The number of carbonyl (C=O) groups is 1. The molecule has 0 spiro atoms. The summed E-state index contributed by atoms with van der Waals surface area (Å²) in [4.78, 5) is 11.2. The summed E-state index contributed by atoms with van der Waals surface area (Å²) in [6, 6.07) is 14.2. The number of aldehydes is 1. The number of benzene rings is 2. The molecule has 0 aliphatic heterocycles. The number of fused-ring (bicyclic) bond motifs is 3. The molecule has 16 heavy (non-hydrogen) atoms. The summed E-state index contributed by atoms with van der Waals surface area (Å²) in [5.74, 6) is -0.108. The third kappa shape index (κ3) is 1.26. The summed E-state index contributed by atoms with van der Waals surface area (Å²) in [5, 5.41) is 0. The van der Waals surface area contributed by atoms with Crippen molar-refractivity contribution in [3.05, 3.63) is 58.1 Å². The Morgan fingerprint density at radius 1 is 1.00 bits per heavy atom. The average Bonchev–Trinajstić information content (AvgIpc) is 2.61. The summed E-state index contributed by atoms with van der Waals surface area (Å²) in [6.45, 7) is 0. The Morgan fingerprint density at radius 2 is 1.75 bits per heavy atom. The first kappa shape index (κ1) is 9.79. The Morgan fingerprint density at radius 3 is 2.56 bits per heavy atom. The smallest absolute Gasteiger partial charge is 0.131 e. The molecule has 1 unspecified atom stereocenters. The van der Waals surface area contributed by atoms with Gasteiger partial charge >= 0.3 is 0 Å². The van der Waals surface area contributed by atoms with Crippen molar-refractivity contribution in [2.24, 2.45) is 0 Å². The molecule has 0 radical (unpaired) electrons. The van der Waals surface area contributed by atoms with E-state index >= 15 is 0 Å². The second-order valence-electron chi connectivity index (χ2n) is 3.93. The summed E-state index contributed by atoms with van der Waals surface area (Å²) in [5.41, 5.74) is 4.58. The van der Waals surface area contributed by atoms with Crippen LogP contribution in [0.3, 0.4) is 0 Å². The fraction of sp³-hybridized carbons (Fsp3) is 0.0714. The molecule has 3 rings (SSSR count). The van der Waals surface area contributed by atoms with Crippen molar-refractivity contribution in [2.75, 3.05) is 0 Å². The molecule has 1 aliphatic rings. The van der Waals surface area contributed by atoms with Gasteiger partial charge in [0.1, 0.15) is 6.29 Å². The lowest BCUT2D eigenvalue weighted by Gasteiger charge is -2.04. The normalized spacial score (nSPS) is 16.7. The maximum atomic E-state index is 11.2. The van der Waals surface area contributed by atoms with E-state index < -0.39 is 0 Å². The van der Waals surface area contributed by atoms with Gasteiger partial charge in [0.2, 0.25) is 0 Å². The minimum absolute atomic E-state index is 0.108. The van der Waals surface area contributed by atoms with Crippen LogP contribution in [0.2, 0.25) is 0 Å². The maximum absolute atomic E-state index is 11.2. The molecule has 78 valence electrons. The molecule has 1 nitrogen and oxygen atoms in total. The van der Waals surface area contributed by atoms with Gasteiger partial charge in [-0.15, -0.1) is 0 Å². The second-order valence-corrected chi connectivity index (χ2v) is 4.85. The molecule has 0 amide bonds. The molecule has 1 aliphatic carbocycles. The first-order valence-corrected chi connectivity index (χ1v) is 5.94. The zero-order valence-corrected chi connectivity index (χ0v) is 10.1. The van der Waals surface area contributed by atoms with Crippen molar-refractivity contribution >= 4 is 22.2 Å². The van der Waals surface area contributed by atoms with Crippen LogP contribution >= 0.6 is 15.9 Å². The van der Waals surface area contributed by atoms with Crippen LogP contribution in [0.4, 0.5) is 0 Å². The number of rotatable bonds is 1. The Labute approximate surface area is 102 Å². The molecular formula is C14H9BrO. The lowest BCUT2D eigenvalue weighted by Crippen LogP contribution is -1.96. The fourth-order valence-electron chi connectivity index (χ4n) is 2.36. The molecule has 2 heteroatoms. The van der Waals surface area contributed by atoms with Gasteiger partial charge in [-0.1, -0.05) is 46.3 Å². The van der Waals surface area contributed by atoms with E-state index in [-0.39, 0.29) is 5.92 Å². The van der Waals surface area contributed by atoms with Gasteiger partial charge in [-0.05, 0) is 34.4 Å². The van der Waals surface area contributed by atoms with Crippen LogP contribution < -0.4 is 0 Å². The molecule has 0 fully saturated rings. The van der Waals surface area contributed by atoms with Crippen molar-refractivity contribution < 1.29 is 4.79 Å². The van der Waals surface area contributed by atoms with Crippen LogP contribution in [0, 0.1) is 0 Å². The summed E-state index contributed by atoms with van der Waals surface area (Å²) < 4.78 is 1.02. The summed E-state index contributed by atoms with van der Waals surface area (Å²) in [7, 11) is 0. The first-order chi connectivity index (χ1) is 7.81. The molecule has 2 aromatic carbocycles. The predicted octanol–water partition coefficient (Wildman–Crippen LogP) is 3.76. The van der Waals surface area contributed by atoms with Gasteiger partial charge in [-0.25, -0.2) is 0 Å². The zero-order valence-electron chi connectivity index (χ0n) is 8.48. The molecule has 0 saturated heterocycles. The van der Waals surface area contributed by atoms with Gasteiger partial charge in [0.25, 0.3) is 0 Å². The predicted molar refractivity (Wildman–Crippen MR) is 67.5 cm³/mol. The van der Waals surface area contributed by atoms with E-state index in [1.807, 2.05) is 30.3 Å². The second kappa shape index (κ2) is 3.56. The van der Waals surface area contributed by atoms with Crippen molar-refractivity contribution in [1.29, 1.82) is 0 Å². The average molecular weight is 273 g/mol. The Kier molecular flexibility index (Phi) is 2.18. The molecule has 0 bridgehead atoms. The number of hydrogen-bond acceptors (Lipinski definition) is 1. The van der Waals surface area contributed by atoms with Gasteiger partial charge in [-0.2, -0.15) is 0 Å². The van der Waals surface area contributed by atoms with E-state index in [1.54, 1.807) is 0 Å². The van der Waals surface area contributed by atoms with E-state index in [0.29, 0.717) is 0 Å². The van der Waals surface area contributed by atoms with Gasteiger partial charge < -0.3 is 4.79 Å². The SMILES string of the molecule is O=CC1c2ccccc2-c2ccc(Br)cc21. The van der Waals surface area contributed by atoms with Gasteiger partial charge in [0.15, 0.2) is 0 Å². The molecule has 0 saturated carbocycles. The summed E-state index contributed by atoms with van der Waals surface area (Å²) >= 11 is 3.45. The van der Waals surface area contributed by atoms with Crippen LogP contribution in [-0.2, 0) is 4.79 Å². The lowest BCUT2D eigenvalue weighted by molar-refractivity contribution is -0.108. The highest BCUT2D eigenvalue weighted by Crippen LogP contribution is 2.44. The fourth-order valence-corrected chi connectivity index (χ4v) is 2.74. The lowest BCUT2D eigenvalue weighted by atomic mass is 9.99. The Bertz CT molecular complexity index is 575. The van der Waals surface area contributed by atoms with Gasteiger partial charge in [0.05, 0.1) is 5.92 Å². The number of carbonyl (C=O) groups excluding carboxylic acids is 1. The summed E-state index contributed by atoms with van der Waals surface area (Å²) in [6.07, 6.45) is 1.02. The highest BCUT2D eigenvalue weighted by molar-refractivity contribution is 9.10. The minimum Gasteiger partial charge on any atom is -0.302 e. The van der Waals surface area contributed by atoms with E-state index in [0.717, 1.165) is 21.9 Å². The zero-order chi connectivity index (χ0) is 11.1. The van der Waals surface area contributed by atoms with E-state index in [4.69, 9.17) is 0 Å². The highest BCUT2D eigenvalue weighted by Gasteiger charge is 2.27. The molecule has 2 aromatic rings. The van der Waals surface area contributed by atoms with Crippen molar-refractivity contribution in [1.82, 2.24) is 0 Å². The third-order valence-corrected chi connectivity index (χ3v) is 3.56. The number of hydrogen-bond donors (Lipinski definition) is 0. The van der Waals surface area contributed by atoms with E-state index in [1.165, 1.54) is 11.1 Å². The minimum atomic E-state index is -0.108. The number of halogens is 1. The van der Waals surface area contributed by atoms with Gasteiger partial charge in [-0.3, -0.25) is 0 Å².